The van der Waals surface area contributed by atoms with E-state index in [1.807, 2.05) is 0 Å². The first-order valence-corrected chi connectivity index (χ1v) is 5.14. The molecule has 0 aliphatic heterocycles. The van der Waals surface area contributed by atoms with Crippen LogP contribution in [0, 0.1) is 28.8 Å². The van der Waals surface area contributed by atoms with E-state index in [0.717, 1.165) is 6.07 Å². The molecule has 0 heterocycles. The third kappa shape index (κ3) is 3.39. The minimum absolute atomic E-state index is 0.0339. The number of nitro groups is 1. The van der Waals surface area contributed by atoms with Crippen LogP contribution in [-0.4, -0.2) is 23.2 Å². The first-order valence-electron chi connectivity index (χ1n) is 5.14. The van der Waals surface area contributed by atoms with Gasteiger partial charge in [0, 0.05) is 18.1 Å². The van der Waals surface area contributed by atoms with Crippen LogP contribution in [0.1, 0.15) is 12.5 Å². The zero-order valence-corrected chi connectivity index (χ0v) is 9.64. The van der Waals surface area contributed by atoms with Gasteiger partial charge in [0.25, 0.3) is 5.69 Å². The topological polar surface area (TPSA) is 72.6 Å². The van der Waals surface area contributed by atoms with Crippen LogP contribution >= 0.6 is 0 Å². The summed E-state index contributed by atoms with van der Waals surface area (Å²) in [7, 11) is 0. The fourth-order valence-corrected chi connectivity index (χ4v) is 1.24. The van der Waals surface area contributed by atoms with Crippen molar-refractivity contribution in [3.8, 4) is 5.75 Å². The molecule has 94 valence electrons. The molecule has 0 aliphatic carbocycles. The molecule has 0 aromatic heterocycles. The molecule has 0 amide bonds. The van der Waals surface area contributed by atoms with Gasteiger partial charge in [-0.05, 0) is 13.0 Å². The highest BCUT2D eigenvalue weighted by atomic mass is 19.1. The summed E-state index contributed by atoms with van der Waals surface area (Å²) in [6, 6.07) is 2.13. The smallest absolute Gasteiger partial charge is 0.275 e. The molecule has 17 heavy (non-hydrogen) atoms. The Hall–Kier alpha value is -1.69. The Morgan fingerprint density at radius 2 is 2.24 bits per heavy atom. The van der Waals surface area contributed by atoms with Crippen molar-refractivity contribution in [1.29, 1.82) is 0 Å². The Morgan fingerprint density at radius 3 is 2.76 bits per heavy atom. The SMILES string of the molecule is Cc1cc(OCC(C)CO)c(F)cc1[N+](=O)[O-]. The fourth-order valence-electron chi connectivity index (χ4n) is 1.24. The molecule has 1 aromatic carbocycles. The molecule has 1 aromatic rings. The molecular formula is C11H14FNO4. The van der Waals surface area contributed by atoms with Gasteiger partial charge >= 0.3 is 0 Å². The number of ether oxygens (including phenoxy) is 1. The largest absolute Gasteiger partial charge is 0.490 e. The Labute approximate surface area is 98.0 Å². The number of rotatable bonds is 5. The number of halogens is 1. The lowest BCUT2D eigenvalue weighted by molar-refractivity contribution is -0.385. The summed E-state index contributed by atoms with van der Waals surface area (Å²) in [5, 5.41) is 19.4. The molecular weight excluding hydrogens is 229 g/mol. The number of aryl methyl sites for hydroxylation is 1. The van der Waals surface area contributed by atoms with E-state index in [9.17, 15) is 14.5 Å². The molecule has 5 nitrogen and oxygen atoms in total. The molecule has 1 unspecified atom stereocenters. The molecule has 0 spiro atoms. The van der Waals surface area contributed by atoms with Crippen molar-refractivity contribution < 1.29 is 19.2 Å². The van der Waals surface area contributed by atoms with E-state index in [2.05, 4.69) is 0 Å². The van der Waals surface area contributed by atoms with E-state index in [-0.39, 0.29) is 30.6 Å². The minimum atomic E-state index is -0.771. The maximum atomic E-state index is 13.5. The zero-order chi connectivity index (χ0) is 13.0. The molecule has 0 bridgehead atoms. The predicted molar refractivity (Wildman–Crippen MR) is 59.5 cm³/mol. The first-order chi connectivity index (χ1) is 7.95. The number of nitrogens with zero attached hydrogens (tertiary/aromatic N) is 1. The van der Waals surface area contributed by atoms with Gasteiger partial charge in [-0.3, -0.25) is 10.1 Å². The van der Waals surface area contributed by atoms with Crippen LogP contribution in [0.5, 0.6) is 5.75 Å². The van der Waals surface area contributed by atoms with Crippen LogP contribution in [0.2, 0.25) is 0 Å². The van der Waals surface area contributed by atoms with Crippen LogP contribution in [-0.2, 0) is 0 Å². The summed E-state index contributed by atoms with van der Waals surface area (Å²) >= 11 is 0. The highest BCUT2D eigenvalue weighted by Crippen LogP contribution is 2.27. The Balaban J connectivity index is 2.88. The van der Waals surface area contributed by atoms with Crippen molar-refractivity contribution in [1.82, 2.24) is 0 Å². The van der Waals surface area contributed by atoms with Crippen molar-refractivity contribution in [2.45, 2.75) is 13.8 Å². The van der Waals surface area contributed by atoms with Crippen LogP contribution in [0.25, 0.3) is 0 Å². The molecule has 1 atom stereocenters. The van der Waals surface area contributed by atoms with Crippen molar-refractivity contribution >= 4 is 5.69 Å². The molecule has 0 radical (unpaired) electrons. The second kappa shape index (κ2) is 5.58. The summed E-state index contributed by atoms with van der Waals surface area (Å²) < 4.78 is 18.6. The van der Waals surface area contributed by atoms with E-state index in [1.54, 1.807) is 6.92 Å². The number of aliphatic hydroxyl groups is 1. The van der Waals surface area contributed by atoms with Gasteiger partial charge in [-0.25, -0.2) is 4.39 Å². The van der Waals surface area contributed by atoms with Crippen molar-refractivity contribution in [2.24, 2.45) is 5.92 Å². The quantitative estimate of drug-likeness (QED) is 0.634. The number of hydrogen-bond acceptors (Lipinski definition) is 4. The van der Waals surface area contributed by atoms with Gasteiger partial charge in [-0.1, -0.05) is 6.92 Å². The standard InChI is InChI=1S/C11H14FNO4/c1-7(5-14)6-17-11-3-8(2)10(13(15)16)4-9(11)12/h3-4,7,14H,5-6H2,1-2H3. The molecule has 1 rings (SSSR count). The van der Waals surface area contributed by atoms with Crippen molar-refractivity contribution in [3.05, 3.63) is 33.6 Å². The number of hydrogen-bond donors (Lipinski definition) is 1. The van der Waals surface area contributed by atoms with E-state index < -0.39 is 10.7 Å². The van der Waals surface area contributed by atoms with E-state index in [1.165, 1.54) is 13.0 Å². The normalized spacial score (nSPS) is 12.2. The second-order valence-electron chi connectivity index (χ2n) is 3.92. The van der Waals surface area contributed by atoms with Crippen LogP contribution in [0.15, 0.2) is 12.1 Å². The van der Waals surface area contributed by atoms with E-state index in [0.29, 0.717) is 5.56 Å². The highest BCUT2D eigenvalue weighted by Gasteiger charge is 2.16. The zero-order valence-electron chi connectivity index (χ0n) is 9.64. The Bertz CT molecular complexity index is 422. The van der Waals surface area contributed by atoms with Gasteiger partial charge < -0.3 is 9.84 Å². The lowest BCUT2D eigenvalue weighted by Gasteiger charge is -2.11. The van der Waals surface area contributed by atoms with Gasteiger partial charge in [0.15, 0.2) is 11.6 Å². The lowest BCUT2D eigenvalue weighted by atomic mass is 10.2. The molecule has 1 N–H and O–H groups in total. The molecule has 6 heteroatoms. The van der Waals surface area contributed by atoms with Gasteiger partial charge in [0.05, 0.1) is 17.6 Å². The lowest BCUT2D eigenvalue weighted by Crippen LogP contribution is -2.13. The van der Waals surface area contributed by atoms with E-state index in [4.69, 9.17) is 9.84 Å². The predicted octanol–water partition coefficient (Wildman–Crippen LogP) is 2.05. The maximum Gasteiger partial charge on any atom is 0.275 e. The summed E-state index contributed by atoms with van der Waals surface area (Å²) in [5.41, 5.74) is 0.0631. The number of nitro benzene ring substituents is 1. The summed E-state index contributed by atoms with van der Waals surface area (Å²) in [6.07, 6.45) is 0. The average Bonchev–Trinajstić information content (AvgIpc) is 2.28. The van der Waals surface area contributed by atoms with Crippen LogP contribution < -0.4 is 4.74 Å². The fraction of sp³-hybridized carbons (Fsp3) is 0.455. The molecule has 0 saturated carbocycles. The Morgan fingerprint density at radius 1 is 1.59 bits per heavy atom. The first kappa shape index (κ1) is 13.4. The summed E-state index contributed by atoms with van der Waals surface area (Å²) in [6.45, 7) is 3.36. The molecule has 0 aliphatic rings. The molecule has 0 saturated heterocycles. The Kier molecular flexibility index (Phi) is 4.39. The maximum absolute atomic E-state index is 13.5. The van der Waals surface area contributed by atoms with Crippen molar-refractivity contribution in [3.63, 3.8) is 0 Å². The van der Waals surface area contributed by atoms with Crippen LogP contribution in [0.3, 0.4) is 0 Å². The number of benzene rings is 1. The second-order valence-corrected chi connectivity index (χ2v) is 3.92. The third-order valence-electron chi connectivity index (χ3n) is 2.28. The third-order valence-corrected chi connectivity index (χ3v) is 2.28. The van der Waals surface area contributed by atoms with Gasteiger partial charge in [0.2, 0.25) is 0 Å². The monoisotopic (exact) mass is 243 g/mol. The van der Waals surface area contributed by atoms with Crippen LogP contribution in [0.4, 0.5) is 10.1 Å². The van der Waals surface area contributed by atoms with Crippen molar-refractivity contribution in [2.75, 3.05) is 13.2 Å². The molecule has 0 fully saturated rings. The summed E-state index contributed by atoms with van der Waals surface area (Å²) in [4.78, 5) is 9.92. The van der Waals surface area contributed by atoms with E-state index >= 15 is 0 Å². The highest BCUT2D eigenvalue weighted by molar-refractivity contribution is 5.45. The van der Waals surface area contributed by atoms with Gasteiger partial charge in [-0.15, -0.1) is 0 Å². The summed E-state index contributed by atoms with van der Waals surface area (Å²) in [5.74, 6) is -0.925. The minimum Gasteiger partial charge on any atom is -0.490 e. The number of aliphatic hydroxyl groups excluding tert-OH is 1. The average molecular weight is 243 g/mol. The van der Waals surface area contributed by atoms with Gasteiger partial charge in [-0.2, -0.15) is 0 Å². The van der Waals surface area contributed by atoms with Gasteiger partial charge in [0.1, 0.15) is 0 Å².